The molecule has 1 heterocycles. The number of carbonyl (C=O) groups excluding carboxylic acids is 1. The molecule has 0 saturated carbocycles. The van der Waals surface area contributed by atoms with Crippen LogP contribution in [0.25, 0.3) is 0 Å². The number of allylic oxidation sites excluding steroid dienone is 5. The van der Waals surface area contributed by atoms with Crippen LogP contribution in [0.2, 0.25) is 0 Å². The van der Waals surface area contributed by atoms with Crippen LogP contribution in [0.5, 0.6) is 0 Å². The zero-order chi connectivity index (χ0) is 38.1. The number of hydrogen-bond donors (Lipinski definition) is 6. The molecule has 7 unspecified atom stereocenters. The van der Waals surface area contributed by atoms with Gasteiger partial charge >= 0.3 is 0 Å². The van der Waals surface area contributed by atoms with Gasteiger partial charge in [-0.05, 0) is 44.9 Å². The Labute approximate surface area is 317 Å². The highest BCUT2D eigenvalue weighted by atomic mass is 16.7. The van der Waals surface area contributed by atoms with Gasteiger partial charge in [-0.2, -0.15) is 0 Å². The van der Waals surface area contributed by atoms with Crippen molar-refractivity contribution in [3.05, 3.63) is 36.5 Å². The lowest BCUT2D eigenvalue weighted by atomic mass is 9.99. The van der Waals surface area contributed by atoms with E-state index in [4.69, 9.17) is 9.47 Å². The van der Waals surface area contributed by atoms with Gasteiger partial charge in [-0.3, -0.25) is 4.79 Å². The molecule has 1 amide bonds. The predicted octanol–water partition coefficient (Wildman–Crippen LogP) is 8.11. The van der Waals surface area contributed by atoms with Gasteiger partial charge in [-0.15, -0.1) is 0 Å². The van der Waals surface area contributed by atoms with Gasteiger partial charge in [0.1, 0.15) is 24.4 Å². The van der Waals surface area contributed by atoms with Crippen LogP contribution in [0.4, 0.5) is 0 Å². The number of nitrogens with one attached hydrogen (secondary N) is 1. The molecular weight excluding hydrogens is 658 g/mol. The highest BCUT2D eigenvalue weighted by molar-refractivity contribution is 5.76. The molecule has 9 nitrogen and oxygen atoms in total. The van der Waals surface area contributed by atoms with Crippen LogP contribution >= 0.6 is 0 Å². The lowest BCUT2D eigenvalue weighted by Crippen LogP contribution is -2.60. The molecule has 0 bridgehead atoms. The minimum absolute atomic E-state index is 0.212. The molecule has 1 saturated heterocycles. The van der Waals surface area contributed by atoms with E-state index in [9.17, 15) is 30.3 Å². The molecule has 1 aliphatic heterocycles. The highest BCUT2D eigenvalue weighted by Gasteiger charge is 2.44. The smallest absolute Gasteiger partial charge is 0.220 e. The molecule has 1 rings (SSSR count). The number of ether oxygens (including phenoxy) is 2. The minimum Gasteiger partial charge on any atom is -0.394 e. The molecule has 9 heteroatoms. The van der Waals surface area contributed by atoms with E-state index in [0.717, 1.165) is 25.7 Å². The van der Waals surface area contributed by atoms with Gasteiger partial charge in [0.05, 0.1) is 25.4 Å². The van der Waals surface area contributed by atoms with E-state index < -0.39 is 49.5 Å². The summed E-state index contributed by atoms with van der Waals surface area (Å²) in [5.74, 6) is -0.246. The van der Waals surface area contributed by atoms with Crippen LogP contribution in [-0.2, 0) is 14.3 Å². The second kappa shape index (κ2) is 33.9. The highest BCUT2D eigenvalue weighted by Crippen LogP contribution is 2.22. The Morgan fingerprint density at radius 1 is 0.635 bits per heavy atom. The van der Waals surface area contributed by atoms with E-state index >= 15 is 0 Å². The number of aliphatic hydroxyl groups is 5. The van der Waals surface area contributed by atoms with Crippen molar-refractivity contribution < 1.29 is 39.8 Å². The van der Waals surface area contributed by atoms with Crippen molar-refractivity contribution in [3.63, 3.8) is 0 Å². The van der Waals surface area contributed by atoms with Crippen molar-refractivity contribution in [3.8, 4) is 0 Å². The maximum absolute atomic E-state index is 12.3. The van der Waals surface area contributed by atoms with E-state index in [1.54, 1.807) is 6.08 Å². The first-order valence-electron chi connectivity index (χ1n) is 21.2. The topological polar surface area (TPSA) is 149 Å². The fraction of sp³-hybridized carbons (Fsp3) is 0.837. The van der Waals surface area contributed by atoms with Crippen molar-refractivity contribution >= 4 is 5.91 Å². The molecule has 0 aromatic heterocycles. The van der Waals surface area contributed by atoms with Crippen LogP contribution < -0.4 is 5.32 Å². The van der Waals surface area contributed by atoms with Crippen molar-refractivity contribution in [1.29, 1.82) is 0 Å². The third kappa shape index (κ3) is 24.7. The van der Waals surface area contributed by atoms with Crippen LogP contribution in [0, 0.1) is 0 Å². The fourth-order valence-corrected chi connectivity index (χ4v) is 6.53. The number of rotatable bonds is 34. The number of hydrogen-bond acceptors (Lipinski definition) is 8. The Balaban J connectivity index is 2.09. The average Bonchev–Trinajstić information content (AvgIpc) is 3.14. The molecular formula is C43H79NO8. The molecule has 0 aromatic carbocycles. The molecule has 1 aliphatic rings. The van der Waals surface area contributed by atoms with Crippen LogP contribution in [-0.4, -0.2) is 87.5 Å². The monoisotopic (exact) mass is 738 g/mol. The summed E-state index contributed by atoms with van der Waals surface area (Å²) < 4.78 is 11.0. The number of amides is 1. The van der Waals surface area contributed by atoms with Crippen molar-refractivity contribution in [2.24, 2.45) is 0 Å². The van der Waals surface area contributed by atoms with Crippen LogP contribution in [0.1, 0.15) is 174 Å². The van der Waals surface area contributed by atoms with Gasteiger partial charge in [0.25, 0.3) is 0 Å². The third-order valence-corrected chi connectivity index (χ3v) is 9.92. The summed E-state index contributed by atoms with van der Waals surface area (Å²) in [6.45, 7) is 3.38. The Kier molecular flexibility index (Phi) is 31.6. The van der Waals surface area contributed by atoms with Gasteiger partial charge in [-0.1, -0.05) is 159 Å². The standard InChI is InChI=1S/C43H79NO8/c1-3-5-6-7-8-9-10-11-12-13-14-15-16-17-18-19-20-21-22-23-24-25-26-27-28-29-30-31-33-37(46)36(44-39(47)32-4-2)35-51-43-42(50)41(49)40(48)38(34-45)52-43/h23-24,27-28,31,33,36-38,40-43,45-46,48-50H,3-22,25-26,29-30,32,34-35H2,1-2H3,(H,44,47)/b24-23+,28-27+,33-31+. The molecule has 0 radical (unpaired) electrons. The zero-order valence-electron chi connectivity index (χ0n) is 33.1. The average molecular weight is 738 g/mol. The summed E-state index contributed by atoms with van der Waals surface area (Å²) in [5, 5.41) is 53.1. The SMILES string of the molecule is CCCCCCCCCCCCCCCCCCCC/C=C/CC/C=C/CC/C=C/C(O)C(COC1OC(CO)C(O)C(O)C1O)NC(=O)CCC. The molecule has 6 N–H and O–H groups in total. The molecule has 7 atom stereocenters. The van der Waals surface area contributed by atoms with E-state index in [1.165, 1.54) is 122 Å². The number of carbonyl (C=O) groups is 1. The lowest BCUT2D eigenvalue weighted by Gasteiger charge is -2.40. The second-order valence-corrected chi connectivity index (χ2v) is 14.8. The van der Waals surface area contributed by atoms with Crippen LogP contribution in [0.15, 0.2) is 36.5 Å². The first-order valence-corrected chi connectivity index (χ1v) is 21.2. The summed E-state index contributed by atoms with van der Waals surface area (Å²) in [7, 11) is 0. The van der Waals surface area contributed by atoms with Gasteiger partial charge in [0, 0.05) is 6.42 Å². The lowest BCUT2D eigenvalue weighted by molar-refractivity contribution is -0.302. The van der Waals surface area contributed by atoms with Gasteiger partial charge in [0.2, 0.25) is 5.91 Å². The molecule has 52 heavy (non-hydrogen) atoms. The Hall–Kier alpha value is -1.59. The van der Waals surface area contributed by atoms with Crippen LogP contribution in [0.3, 0.4) is 0 Å². The van der Waals surface area contributed by atoms with Crippen molar-refractivity contribution in [1.82, 2.24) is 5.32 Å². The first-order chi connectivity index (χ1) is 25.3. The summed E-state index contributed by atoms with van der Waals surface area (Å²) in [6, 6.07) is -0.820. The molecule has 1 fully saturated rings. The number of unbranched alkanes of at least 4 members (excludes halogenated alkanes) is 20. The number of aliphatic hydroxyl groups excluding tert-OH is 5. The van der Waals surface area contributed by atoms with E-state index in [1.807, 2.05) is 13.0 Å². The Bertz CT molecular complexity index is 910. The van der Waals surface area contributed by atoms with Gasteiger partial charge < -0.3 is 40.3 Å². The zero-order valence-corrected chi connectivity index (χ0v) is 33.1. The summed E-state index contributed by atoms with van der Waals surface area (Å²) in [4.78, 5) is 12.3. The van der Waals surface area contributed by atoms with Crippen molar-refractivity contribution in [2.75, 3.05) is 13.2 Å². The fourth-order valence-electron chi connectivity index (χ4n) is 6.53. The maximum atomic E-state index is 12.3. The minimum atomic E-state index is -1.57. The Morgan fingerprint density at radius 2 is 1.10 bits per heavy atom. The molecule has 0 aliphatic carbocycles. The van der Waals surface area contributed by atoms with Gasteiger partial charge in [0.15, 0.2) is 6.29 Å². The molecule has 0 spiro atoms. The van der Waals surface area contributed by atoms with E-state index in [2.05, 4.69) is 36.5 Å². The molecule has 304 valence electrons. The normalized spacial score (nSPS) is 22.2. The molecule has 0 aromatic rings. The quantitative estimate of drug-likeness (QED) is 0.0287. The van der Waals surface area contributed by atoms with E-state index in [-0.39, 0.29) is 18.9 Å². The van der Waals surface area contributed by atoms with Crippen molar-refractivity contribution in [2.45, 2.75) is 217 Å². The summed E-state index contributed by atoms with van der Waals surface area (Å²) in [5.41, 5.74) is 0. The second-order valence-electron chi connectivity index (χ2n) is 14.8. The first kappa shape index (κ1) is 48.4. The summed E-state index contributed by atoms with van der Waals surface area (Å²) in [6.07, 6.45) is 35.3. The Morgan fingerprint density at radius 3 is 1.58 bits per heavy atom. The van der Waals surface area contributed by atoms with E-state index in [0.29, 0.717) is 6.42 Å². The third-order valence-electron chi connectivity index (χ3n) is 9.92. The summed E-state index contributed by atoms with van der Waals surface area (Å²) >= 11 is 0. The predicted molar refractivity (Wildman–Crippen MR) is 212 cm³/mol. The maximum Gasteiger partial charge on any atom is 0.220 e. The largest absolute Gasteiger partial charge is 0.394 e. The van der Waals surface area contributed by atoms with Gasteiger partial charge in [-0.25, -0.2) is 0 Å².